The van der Waals surface area contributed by atoms with Crippen molar-refractivity contribution in [1.82, 2.24) is 19.6 Å². The molecule has 10 nitrogen and oxygen atoms in total. The number of carboxylic acids is 1. The van der Waals surface area contributed by atoms with E-state index in [4.69, 9.17) is 9.84 Å². The number of hydrogen-bond acceptors (Lipinski definition) is 6. The van der Waals surface area contributed by atoms with E-state index in [2.05, 4.69) is 5.10 Å². The second-order valence-corrected chi connectivity index (χ2v) is 11.5. The van der Waals surface area contributed by atoms with E-state index in [1.807, 2.05) is 0 Å². The Morgan fingerprint density at radius 1 is 1.14 bits per heavy atom. The van der Waals surface area contributed by atoms with Crippen molar-refractivity contribution in [3.05, 3.63) is 89.0 Å². The van der Waals surface area contributed by atoms with Crippen LogP contribution in [0.5, 0.6) is 0 Å². The highest BCUT2D eigenvalue weighted by atomic mass is 19.1. The van der Waals surface area contributed by atoms with Crippen LogP contribution < -0.4 is 0 Å². The molecule has 0 unspecified atom stereocenters. The van der Waals surface area contributed by atoms with Crippen molar-refractivity contribution in [2.24, 2.45) is 7.05 Å². The van der Waals surface area contributed by atoms with Crippen LogP contribution in [0, 0.1) is 5.82 Å². The van der Waals surface area contributed by atoms with Crippen molar-refractivity contribution in [2.75, 3.05) is 6.54 Å². The lowest BCUT2D eigenvalue weighted by Gasteiger charge is -2.36. The summed E-state index contributed by atoms with van der Waals surface area (Å²) in [4.78, 5) is 54.1. The summed E-state index contributed by atoms with van der Waals surface area (Å²) in [5, 5.41) is 13.3. The van der Waals surface area contributed by atoms with Crippen molar-refractivity contribution < 1.29 is 37.8 Å². The summed E-state index contributed by atoms with van der Waals surface area (Å²) < 4.78 is 36.2. The predicted octanol–water partition coefficient (Wildman–Crippen LogP) is 4.80. The molecule has 3 aromatic rings. The summed E-state index contributed by atoms with van der Waals surface area (Å²) in [6, 6.07) is 10.3. The molecule has 44 heavy (non-hydrogen) atoms. The van der Waals surface area contributed by atoms with E-state index in [0.717, 1.165) is 16.0 Å². The molecule has 0 bridgehead atoms. The molecular weight excluding hydrogens is 574 g/mol. The molecule has 2 aromatic carbocycles. The average molecular weight is 605 g/mol. The maximum Gasteiger partial charge on any atom is 0.418 e. The zero-order valence-corrected chi connectivity index (χ0v) is 23.9. The fraction of sp³-hybridized carbons (Fsp3) is 0.344. The van der Waals surface area contributed by atoms with Gasteiger partial charge in [-0.1, -0.05) is 29.8 Å². The molecular formula is C32H30F2N4O6. The van der Waals surface area contributed by atoms with Gasteiger partial charge in [0.05, 0.1) is 6.20 Å². The normalized spacial score (nSPS) is 22.7. The Balaban J connectivity index is 1.24. The van der Waals surface area contributed by atoms with Gasteiger partial charge in [-0.15, -0.1) is 0 Å². The first kappa shape index (κ1) is 29.2. The number of hydrogen-bond donors (Lipinski definition) is 1. The number of carboxylic acid groups (broad SMARTS) is 1. The molecule has 1 saturated heterocycles. The zero-order chi connectivity index (χ0) is 31.2. The molecule has 1 N–H and O–H groups in total. The Labute approximate surface area is 251 Å². The molecule has 2 aliphatic carbocycles. The van der Waals surface area contributed by atoms with E-state index in [-0.39, 0.29) is 23.7 Å². The van der Waals surface area contributed by atoms with E-state index in [9.17, 15) is 23.6 Å². The van der Waals surface area contributed by atoms with Crippen LogP contribution in [-0.4, -0.2) is 61.2 Å². The molecule has 3 aliphatic rings. The number of carbonyl (C=O) groups is 4. The molecule has 1 spiro atoms. The summed E-state index contributed by atoms with van der Waals surface area (Å²) in [7, 11) is 1.76. The molecule has 3 amide bonds. The lowest BCUT2D eigenvalue weighted by Crippen LogP contribution is -2.48. The lowest BCUT2D eigenvalue weighted by atomic mass is 9.89. The van der Waals surface area contributed by atoms with E-state index in [0.29, 0.717) is 36.8 Å². The number of alkyl halides is 1. The standard InChI is InChI=1S/C32H30F2N4O6/c1-36-17-22(15-35-36)21-6-11-26-25(13-21)27(34)14-32(26)30(42)38(31(43)44-32)18-28(39)37(16-20-2-7-23(33)8-3-20)24-9-4-19(5-10-24)12-29(40)41/h2-3,6-8,11-13,15,17,24,27H,4-5,9-10,14,16,18H2,1H3,(H,40,41)/t24?,27-,32+/m1/s1. The van der Waals surface area contributed by atoms with Crippen LogP contribution in [0.25, 0.3) is 11.1 Å². The highest BCUT2D eigenvalue weighted by molar-refractivity contribution is 6.06. The first-order chi connectivity index (χ1) is 21.0. The van der Waals surface area contributed by atoms with E-state index in [1.165, 1.54) is 23.1 Å². The minimum Gasteiger partial charge on any atom is -0.478 e. The van der Waals surface area contributed by atoms with Gasteiger partial charge in [0.2, 0.25) is 11.5 Å². The van der Waals surface area contributed by atoms with Gasteiger partial charge in [0.15, 0.2) is 0 Å². The van der Waals surface area contributed by atoms with Gasteiger partial charge in [0.25, 0.3) is 5.91 Å². The molecule has 6 rings (SSSR count). The molecule has 2 heterocycles. The summed E-state index contributed by atoms with van der Waals surface area (Å²) in [5.74, 6) is -2.80. The Kier molecular flexibility index (Phi) is 7.52. The summed E-state index contributed by atoms with van der Waals surface area (Å²) in [6.45, 7) is -0.522. The van der Waals surface area contributed by atoms with Crippen molar-refractivity contribution >= 4 is 23.9 Å². The Bertz CT molecular complexity index is 1680. The summed E-state index contributed by atoms with van der Waals surface area (Å²) in [5.41, 5.74) is 1.49. The maximum atomic E-state index is 15.4. The maximum absolute atomic E-state index is 15.4. The Hall–Kier alpha value is -4.87. The van der Waals surface area contributed by atoms with Crippen molar-refractivity contribution in [3.8, 4) is 11.1 Å². The molecule has 1 aromatic heterocycles. The third-order valence-electron chi connectivity index (χ3n) is 8.65. The number of halogens is 2. The number of aryl methyl sites for hydroxylation is 1. The highest BCUT2D eigenvalue weighted by Crippen LogP contribution is 2.52. The van der Waals surface area contributed by atoms with Crippen molar-refractivity contribution in [3.63, 3.8) is 0 Å². The molecule has 228 valence electrons. The van der Waals surface area contributed by atoms with Gasteiger partial charge in [-0.3, -0.25) is 14.3 Å². The smallest absolute Gasteiger partial charge is 0.418 e. The number of benzene rings is 2. The fourth-order valence-electron chi connectivity index (χ4n) is 6.43. The molecule has 12 heteroatoms. The second-order valence-electron chi connectivity index (χ2n) is 11.5. The predicted molar refractivity (Wildman–Crippen MR) is 152 cm³/mol. The number of imide groups is 1. The van der Waals surface area contributed by atoms with Gasteiger partial charge in [0, 0.05) is 49.5 Å². The van der Waals surface area contributed by atoms with Gasteiger partial charge in [-0.25, -0.2) is 23.3 Å². The Morgan fingerprint density at radius 2 is 1.86 bits per heavy atom. The number of rotatable bonds is 7. The van der Waals surface area contributed by atoms with Crippen molar-refractivity contribution in [2.45, 2.75) is 56.5 Å². The molecule has 2 fully saturated rings. The minimum absolute atomic E-state index is 0.0937. The van der Waals surface area contributed by atoms with Crippen LogP contribution in [0.4, 0.5) is 13.6 Å². The average Bonchev–Trinajstić information content (AvgIpc) is 3.62. The van der Waals surface area contributed by atoms with Crippen LogP contribution in [0.3, 0.4) is 0 Å². The number of aromatic nitrogens is 2. The molecule has 0 radical (unpaired) electrons. The third kappa shape index (κ3) is 5.36. The van der Waals surface area contributed by atoms with E-state index >= 15 is 4.39 Å². The van der Waals surface area contributed by atoms with E-state index < -0.39 is 54.4 Å². The number of allylic oxidation sites excluding steroid dienone is 1. The third-order valence-corrected chi connectivity index (χ3v) is 8.65. The SMILES string of the molecule is Cn1cc(-c2ccc3c(c2)[C@H](F)C[C@]32OC(=O)N(CC(=O)N(Cc3ccc(F)cc3)C3CCC(=CC(=O)O)CC3)C2=O)cn1. The van der Waals surface area contributed by atoms with Gasteiger partial charge in [-0.05, 0) is 60.6 Å². The summed E-state index contributed by atoms with van der Waals surface area (Å²) >= 11 is 0. The quantitative estimate of drug-likeness (QED) is 0.385. The van der Waals surface area contributed by atoms with Gasteiger partial charge < -0.3 is 14.7 Å². The molecule has 1 aliphatic heterocycles. The number of nitrogens with zero attached hydrogens (tertiary/aromatic N) is 4. The van der Waals surface area contributed by atoms with Gasteiger partial charge >= 0.3 is 12.1 Å². The van der Waals surface area contributed by atoms with Crippen LogP contribution in [-0.2, 0) is 38.3 Å². The monoisotopic (exact) mass is 604 g/mol. The highest BCUT2D eigenvalue weighted by Gasteiger charge is 2.61. The van der Waals surface area contributed by atoms with Gasteiger partial charge in [0.1, 0.15) is 18.5 Å². The van der Waals surface area contributed by atoms with Crippen molar-refractivity contribution in [1.29, 1.82) is 0 Å². The van der Waals surface area contributed by atoms with Crippen LogP contribution >= 0.6 is 0 Å². The molecule has 1 saturated carbocycles. The summed E-state index contributed by atoms with van der Waals surface area (Å²) in [6.07, 6.45) is 3.49. The number of amides is 3. The zero-order valence-electron chi connectivity index (χ0n) is 23.9. The lowest BCUT2D eigenvalue weighted by molar-refractivity contribution is -0.143. The van der Waals surface area contributed by atoms with Crippen LogP contribution in [0.2, 0.25) is 0 Å². The van der Waals surface area contributed by atoms with Gasteiger partial charge in [-0.2, -0.15) is 5.10 Å². The minimum atomic E-state index is -1.87. The number of carbonyl (C=O) groups excluding carboxylic acids is 3. The largest absolute Gasteiger partial charge is 0.478 e. The first-order valence-corrected chi connectivity index (χ1v) is 14.3. The molecule has 2 atom stereocenters. The number of aliphatic carboxylic acids is 1. The Morgan fingerprint density at radius 3 is 2.52 bits per heavy atom. The number of fused-ring (bicyclic) bond motifs is 2. The first-order valence-electron chi connectivity index (χ1n) is 14.3. The topological polar surface area (TPSA) is 122 Å². The van der Waals surface area contributed by atoms with E-state index in [1.54, 1.807) is 54.5 Å². The number of ether oxygens (including phenoxy) is 1. The van der Waals surface area contributed by atoms with Crippen LogP contribution in [0.15, 0.2) is 66.5 Å². The second kappa shape index (κ2) is 11.3. The van der Waals surface area contributed by atoms with Crippen LogP contribution in [0.1, 0.15) is 55.0 Å². The fourth-order valence-corrected chi connectivity index (χ4v) is 6.43.